The summed E-state index contributed by atoms with van der Waals surface area (Å²) in [5.74, 6) is 1.85. The van der Waals surface area contributed by atoms with Gasteiger partial charge in [0.25, 0.3) is 0 Å². The number of ether oxygens (including phenoxy) is 1. The fourth-order valence-corrected chi connectivity index (χ4v) is 3.56. The van der Waals surface area contributed by atoms with Crippen molar-refractivity contribution in [2.45, 2.75) is 45.7 Å². The summed E-state index contributed by atoms with van der Waals surface area (Å²) in [5.41, 5.74) is 2.14. The minimum atomic E-state index is -0.154. The van der Waals surface area contributed by atoms with Crippen molar-refractivity contribution in [1.82, 2.24) is 15.5 Å². The highest BCUT2D eigenvalue weighted by Crippen LogP contribution is 2.30. The van der Waals surface area contributed by atoms with Crippen LogP contribution in [0.3, 0.4) is 0 Å². The van der Waals surface area contributed by atoms with Gasteiger partial charge in [-0.05, 0) is 49.7 Å². The van der Waals surface area contributed by atoms with Gasteiger partial charge < -0.3 is 24.7 Å². The molecule has 1 aromatic carbocycles. The third-order valence-electron chi connectivity index (χ3n) is 5.30. The zero-order valence-electron chi connectivity index (χ0n) is 16.9. The van der Waals surface area contributed by atoms with Gasteiger partial charge in [-0.3, -0.25) is 0 Å². The second-order valence-electron chi connectivity index (χ2n) is 7.09. The van der Waals surface area contributed by atoms with Crippen LogP contribution in [0.25, 0.3) is 0 Å². The third-order valence-corrected chi connectivity index (χ3v) is 5.30. The fraction of sp³-hybridized carbons (Fsp3) is 0.500. The van der Waals surface area contributed by atoms with Gasteiger partial charge >= 0.3 is 6.03 Å². The molecule has 0 saturated carbocycles. The van der Waals surface area contributed by atoms with E-state index in [1.54, 1.807) is 6.26 Å². The van der Waals surface area contributed by atoms with E-state index in [1.807, 2.05) is 30.3 Å². The van der Waals surface area contributed by atoms with Crippen molar-refractivity contribution in [3.05, 3.63) is 53.5 Å². The largest absolute Gasteiger partial charge is 0.492 e. The Morgan fingerprint density at radius 2 is 2.00 bits per heavy atom. The Hall–Kier alpha value is -2.47. The first-order chi connectivity index (χ1) is 13.7. The summed E-state index contributed by atoms with van der Waals surface area (Å²) in [5, 5.41) is 5.99. The van der Waals surface area contributed by atoms with E-state index in [9.17, 15) is 4.79 Å². The second kappa shape index (κ2) is 10.2. The lowest BCUT2D eigenvalue weighted by atomic mass is 9.93. The lowest BCUT2D eigenvalue weighted by Gasteiger charge is -2.22. The van der Waals surface area contributed by atoms with Crippen molar-refractivity contribution in [2.75, 3.05) is 26.2 Å². The first-order valence-electron chi connectivity index (χ1n) is 10.2. The van der Waals surface area contributed by atoms with Crippen LogP contribution in [0.2, 0.25) is 0 Å². The third kappa shape index (κ3) is 5.52. The van der Waals surface area contributed by atoms with Crippen molar-refractivity contribution in [3.63, 3.8) is 0 Å². The molecule has 0 radical (unpaired) electrons. The number of fused-ring (bicyclic) bond motifs is 1. The number of nitrogens with one attached hydrogen (secondary N) is 2. The number of carbonyl (C=O) groups excluding carboxylic acids is 1. The fourth-order valence-electron chi connectivity index (χ4n) is 3.56. The summed E-state index contributed by atoms with van der Waals surface area (Å²) in [7, 11) is 0. The maximum Gasteiger partial charge on any atom is 0.315 e. The van der Waals surface area contributed by atoms with Crippen LogP contribution in [-0.2, 0) is 13.0 Å². The van der Waals surface area contributed by atoms with E-state index in [-0.39, 0.29) is 12.1 Å². The summed E-state index contributed by atoms with van der Waals surface area (Å²) < 4.78 is 11.3. The molecule has 3 rings (SSSR count). The zero-order valence-corrected chi connectivity index (χ0v) is 16.9. The van der Waals surface area contributed by atoms with Crippen LogP contribution >= 0.6 is 0 Å². The molecular formula is C22H31N3O3. The van der Waals surface area contributed by atoms with Crippen LogP contribution in [0.1, 0.15) is 49.6 Å². The van der Waals surface area contributed by atoms with E-state index >= 15 is 0 Å². The maximum atomic E-state index is 12.3. The number of carbonyl (C=O) groups is 1. The first-order valence-corrected chi connectivity index (χ1v) is 10.2. The number of nitrogens with zero attached hydrogens (tertiary/aromatic N) is 1. The van der Waals surface area contributed by atoms with Gasteiger partial charge in [0.1, 0.15) is 18.1 Å². The average Bonchev–Trinajstić information content (AvgIpc) is 3.20. The van der Waals surface area contributed by atoms with Crippen molar-refractivity contribution >= 4 is 6.03 Å². The minimum absolute atomic E-state index is 0.0316. The molecule has 1 aliphatic rings. The predicted octanol–water partition coefficient (Wildman–Crippen LogP) is 3.88. The number of rotatable bonds is 9. The van der Waals surface area contributed by atoms with Gasteiger partial charge in [-0.1, -0.05) is 26.0 Å². The Balaban J connectivity index is 1.41. The summed E-state index contributed by atoms with van der Waals surface area (Å²) in [6.45, 7) is 8.48. The number of amides is 2. The number of urea groups is 1. The molecule has 6 heteroatoms. The van der Waals surface area contributed by atoms with Gasteiger partial charge in [-0.2, -0.15) is 0 Å². The van der Waals surface area contributed by atoms with Crippen molar-refractivity contribution in [1.29, 1.82) is 0 Å². The number of benzene rings is 1. The molecule has 0 aliphatic heterocycles. The minimum Gasteiger partial charge on any atom is -0.492 e. The van der Waals surface area contributed by atoms with Crippen LogP contribution in [0.4, 0.5) is 4.79 Å². The standard InChI is InChI=1S/C22H31N3O3/c1-3-25(4-2)13-15-27-18-10-8-17(9-11-18)16-23-22(26)24-20-6-5-7-21-19(20)12-14-28-21/h8-12,14,20H,3-7,13,15-16H2,1-2H3,(H2,23,24,26). The molecule has 0 bridgehead atoms. The van der Waals surface area contributed by atoms with E-state index in [0.29, 0.717) is 13.2 Å². The summed E-state index contributed by atoms with van der Waals surface area (Å²) in [4.78, 5) is 14.6. The van der Waals surface area contributed by atoms with E-state index in [4.69, 9.17) is 9.15 Å². The Morgan fingerprint density at radius 1 is 1.21 bits per heavy atom. The van der Waals surface area contributed by atoms with Crippen LogP contribution in [0, 0.1) is 0 Å². The molecule has 2 aromatic rings. The van der Waals surface area contributed by atoms with Gasteiger partial charge in [0, 0.05) is 25.1 Å². The molecule has 2 amide bonds. The van der Waals surface area contributed by atoms with Gasteiger partial charge in [0.2, 0.25) is 0 Å². The monoisotopic (exact) mass is 385 g/mol. The Kier molecular flexibility index (Phi) is 7.37. The Labute approximate surface area is 167 Å². The van der Waals surface area contributed by atoms with Gasteiger partial charge in [0.15, 0.2) is 0 Å². The first kappa shape index (κ1) is 20.3. The topological polar surface area (TPSA) is 66.7 Å². The smallest absolute Gasteiger partial charge is 0.315 e. The molecule has 0 fully saturated rings. The molecule has 1 heterocycles. The maximum absolute atomic E-state index is 12.3. The number of likely N-dealkylation sites (N-methyl/N-ethyl adjacent to an activating group) is 1. The molecule has 2 N–H and O–H groups in total. The van der Waals surface area contributed by atoms with E-state index in [0.717, 1.165) is 61.5 Å². The zero-order chi connectivity index (χ0) is 19.8. The van der Waals surface area contributed by atoms with Crippen LogP contribution < -0.4 is 15.4 Å². The highest BCUT2D eigenvalue weighted by Gasteiger charge is 2.23. The molecule has 1 aliphatic carbocycles. The van der Waals surface area contributed by atoms with Crippen LogP contribution in [0.15, 0.2) is 41.0 Å². The molecule has 6 nitrogen and oxygen atoms in total. The van der Waals surface area contributed by atoms with E-state index < -0.39 is 0 Å². The molecule has 0 spiro atoms. The summed E-state index contributed by atoms with van der Waals surface area (Å²) in [6, 6.07) is 9.72. The van der Waals surface area contributed by atoms with Crippen molar-refractivity contribution < 1.29 is 13.9 Å². The van der Waals surface area contributed by atoms with Crippen molar-refractivity contribution in [2.24, 2.45) is 0 Å². The molecule has 1 aromatic heterocycles. The number of furan rings is 1. The van der Waals surface area contributed by atoms with Crippen LogP contribution in [-0.4, -0.2) is 37.2 Å². The lowest BCUT2D eigenvalue weighted by molar-refractivity contribution is 0.223. The molecular weight excluding hydrogens is 354 g/mol. The van der Waals surface area contributed by atoms with Crippen molar-refractivity contribution in [3.8, 4) is 5.75 Å². The quantitative estimate of drug-likeness (QED) is 0.687. The summed E-state index contributed by atoms with van der Waals surface area (Å²) >= 11 is 0. The summed E-state index contributed by atoms with van der Waals surface area (Å²) in [6.07, 6.45) is 4.63. The highest BCUT2D eigenvalue weighted by atomic mass is 16.5. The number of aryl methyl sites for hydroxylation is 1. The normalized spacial score (nSPS) is 15.9. The molecule has 1 atom stereocenters. The second-order valence-corrected chi connectivity index (χ2v) is 7.09. The number of hydrogen-bond acceptors (Lipinski definition) is 4. The van der Waals surface area contributed by atoms with Gasteiger partial charge in [-0.25, -0.2) is 4.79 Å². The Bertz CT molecular complexity index is 738. The average molecular weight is 386 g/mol. The molecule has 28 heavy (non-hydrogen) atoms. The number of hydrogen-bond donors (Lipinski definition) is 2. The lowest BCUT2D eigenvalue weighted by Crippen LogP contribution is -2.38. The molecule has 0 saturated heterocycles. The predicted molar refractivity (Wildman–Crippen MR) is 109 cm³/mol. The molecule has 1 unspecified atom stereocenters. The van der Waals surface area contributed by atoms with Gasteiger partial charge in [0.05, 0.1) is 12.3 Å². The molecule has 152 valence electrons. The van der Waals surface area contributed by atoms with E-state index in [1.165, 1.54) is 0 Å². The SMILES string of the molecule is CCN(CC)CCOc1ccc(CNC(=O)NC2CCCc3occc32)cc1. The Morgan fingerprint density at radius 3 is 2.75 bits per heavy atom. The van der Waals surface area contributed by atoms with E-state index in [2.05, 4.69) is 29.4 Å². The van der Waals surface area contributed by atoms with Gasteiger partial charge in [-0.15, -0.1) is 0 Å². The highest BCUT2D eigenvalue weighted by molar-refractivity contribution is 5.74. The van der Waals surface area contributed by atoms with Crippen LogP contribution in [0.5, 0.6) is 5.75 Å².